The van der Waals surface area contributed by atoms with Crippen LogP contribution in [0.3, 0.4) is 0 Å². The van der Waals surface area contributed by atoms with Gasteiger partial charge in [-0.05, 0) is 31.0 Å². The third kappa shape index (κ3) is 8.60. The molecule has 0 unspecified atom stereocenters. The number of carbonyl (C=O) groups excluding carboxylic acids is 2. The zero-order valence-electron chi connectivity index (χ0n) is 12.8. The van der Waals surface area contributed by atoms with E-state index in [1.807, 2.05) is 0 Å². The summed E-state index contributed by atoms with van der Waals surface area (Å²) in [5.41, 5.74) is 0.886. The number of halogens is 2. The van der Waals surface area contributed by atoms with Crippen LogP contribution in [-0.2, 0) is 16.0 Å². The van der Waals surface area contributed by atoms with Gasteiger partial charge in [0.15, 0.2) is 0 Å². The number of ether oxygens (including phenoxy) is 2. The van der Waals surface area contributed by atoms with E-state index in [9.17, 15) is 18.4 Å². The Bertz CT molecular complexity index is 495. The van der Waals surface area contributed by atoms with Crippen molar-refractivity contribution in [2.45, 2.75) is 26.4 Å². The molecule has 0 aliphatic carbocycles. The van der Waals surface area contributed by atoms with Gasteiger partial charge in [-0.1, -0.05) is 12.1 Å². The minimum absolute atomic E-state index is 0.0952. The lowest BCUT2D eigenvalue weighted by atomic mass is 10.1. The molecule has 0 fully saturated rings. The summed E-state index contributed by atoms with van der Waals surface area (Å²) in [4.78, 5) is 22.5. The molecule has 0 aliphatic heterocycles. The highest BCUT2D eigenvalue weighted by atomic mass is 19.3. The second-order valence-corrected chi connectivity index (χ2v) is 4.52. The Hall–Kier alpha value is -2.38. The lowest BCUT2D eigenvalue weighted by Gasteiger charge is -2.08. The van der Waals surface area contributed by atoms with Crippen LogP contribution in [0.15, 0.2) is 24.3 Å². The molecule has 0 spiro atoms. The summed E-state index contributed by atoms with van der Waals surface area (Å²) < 4.78 is 32.9. The van der Waals surface area contributed by atoms with E-state index < -0.39 is 12.7 Å². The van der Waals surface area contributed by atoms with Gasteiger partial charge < -0.3 is 20.1 Å². The molecule has 128 valence electrons. The summed E-state index contributed by atoms with van der Waals surface area (Å²) in [6, 6.07) is 6.22. The van der Waals surface area contributed by atoms with Crippen molar-refractivity contribution in [3.8, 4) is 5.75 Å². The van der Waals surface area contributed by atoms with Crippen LogP contribution in [0.1, 0.15) is 18.9 Å². The lowest BCUT2D eigenvalue weighted by molar-refractivity contribution is -0.120. The summed E-state index contributed by atoms with van der Waals surface area (Å²) in [6.45, 7) is -0.266. The highest BCUT2D eigenvalue weighted by Gasteiger charge is 2.05. The first kappa shape index (κ1) is 18.7. The molecule has 0 bridgehead atoms. The Balaban J connectivity index is 2.18. The summed E-state index contributed by atoms with van der Waals surface area (Å²) in [6.07, 6.45) is 0.165. The molecule has 0 aliphatic rings. The van der Waals surface area contributed by atoms with Crippen molar-refractivity contribution < 1.29 is 27.8 Å². The third-order valence-electron chi connectivity index (χ3n) is 2.78. The molecule has 2 N–H and O–H groups in total. The van der Waals surface area contributed by atoms with Gasteiger partial charge >= 0.3 is 12.7 Å². The Kier molecular flexibility index (Phi) is 8.41. The molecule has 0 saturated carbocycles. The number of hydrogen-bond acceptors (Lipinski definition) is 4. The highest BCUT2D eigenvalue weighted by Crippen LogP contribution is 2.14. The maximum Gasteiger partial charge on any atom is 0.407 e. The Morgan fingerprint density at radius 1 is 1.13 bits per heavy atom. The molecule has 0 heterocycles. The number of hydrogen-bond donors (Lipinski definition) is 2. The second-order valence-electron chi connectivity index (χ2n) is 4.52. The smallest absolute Gasteiger partial charge is 0.407 e. The highest BCUT2D eigenvalue weighted by molar-refractivity contribution is 5.76. The van der Waals surface area contributed by atoms with Crippen LogP contribution in [0.2, 0.25) is 0 Å². The molecular weight excluding hydrogens is 310 g/mol. The van der Waals surface area contributed by atoms with Crippen molar-refractivity contribution in [2.75, 3.05) is 19.7 Å². The van der Waals surface area contributed by atoms with Crippen molar-refractivity contribution in [1.29, 1.82) is 0 Å². The minimum atomic E-state index is -2.84. The third-order valence-corrected chi connectivity index (χ3v) is 2.78. The molecule has 0 saturated heterocycles. The van der Waals surface area contributed by atoms with Gasteiger partial charge in [0.05, 0.1) is 6.61 Å². The van der Waals surface area contributed by atoms with Crippen LogP contribution < -0.4 is 15.4 Å². The fraction of sp³-hybridized carbons (Fsp3) is 0.467. The Morgan fingerprint density at radius 2 is 1.83 bits per heavy atom. The van der Waals surface area contributed by atoms with Gasteiger partial charge in [-0.2, -0.15) is 8.78 Å². The van der Waals surface area contributed by atoms with E-state index in [0.717, 1.165) is 5.56 Å². The van der Waals surface area contributed by atoms with Gasteiger partial charge in [0.1, 0.15) is 5.75 Å². The molecule has 2 amide bonds. The molecule has 23 heavy (non-hydrogen) atoms. The van der Waals surface area contributed by atoms with E-state index in [2.05, 4.69) is 20.1 Å². The van der Waals surface area contributed by atoms with Crippen molar-refractivity contribution in [3.63, 3.8) is 0 Å². The summed E-state index contributed by atoms with van der Waals surface area (Å²) in [5, 5.41) is 5.15. The van der Waals surface area contributed by atoms with Gasteiger partial charge in [-0.25, -0.2) is 4.79 Å². The van der Waals surface area contributed by atoms with Crippen molar-refractivity contribution >= 4 is 12.0 Å². The SMILES string of the molecule is CCOC(=O)NCCC(=O)NCCc1ccc(OC(F)F)cc1. The van der Waals surface area contributed by atoms with Crippen LogP contribution >= 0.6 is 0 Å². The second kappa shape index (κ2) is 10.4. The molecule has 8 heteroatoms. The average Bonchev–Trinajstić information content (AvgIpc) is 2.49. The fourth-order valence-corrected chi connectivity index (χ4v) is 1.73. The van der Waals surface area contributed by atoms with Crippen LogP contribution in [-0.4, -0.2) is 38.3 Å². The first-order valence-corrected chi connectivity index (χ1v) is 7.22. The monoisotopic (exact) mass is 330 g/mol. The van der Waals surface area contributed by atoms with E-state index in [-0.39, 0.29) is 31.2 Å². The van der Waals surface area contributed by atoms with Crippen molar-refractivity contribution in [3.05, 3.63) is 29.8 Å². The molecule has 1 rings (SSSR count). The number of rotatable bonds is 9. The largest absolute Gasteiger partial charge is 0.450 e. The minimum Gasteiger partial charge on any atom is -0.450 e. The lowest BCUT2D eigenvalue weighted by Crippen LogP contribution is -2.31. The van der Waals surface area contributed by atoms with Crippen LogP contribution in [0.25, 0.3) is 0 Å². The summed E-state index contributed by atoms with van der Waals surface area (Å²) >= 11 is 0. The van der Waals surface area contributed by atoms with E-state index in [1.54, 1.807) is 19.1 Å². The predicted molar refractivity (Wildman–Crippen MR) is 79.4 cm³/mol. The normalized spacial score (nSPS) is 10.3. The zero-order chi connectivity index (χ0) is 17.1. The number of nitrogens with one attached hydrogen (secondary N) is 2. The van der Waals surface area contributed by atoms with Crippen LogP contribution in [0.4, 0.5) is 13.6 Å². The van der Waals surface area contributed by atoms with E-state index in [0.29, 0.717) is 13.0 Å². The van der Waals surface area contributed by atoms with Gasteiger partial charge in [0.25, 0.3) is 0 Å². The maximum atomic E-state index is 12.0. The molecule has 0 radical (unpaired) electrons. The van der Waals surface area contributed by atoms with Gasteiger partial charge in [-0.15, -0.1) is 0 Å². The molecule has 6 nitrogen and oxygen atoms in total. The number of alkyl halides is 2. The van der Waals surface area contributed by atoms with E-state index >= 15 is 0 Å². The summed E-state index contributed by atoms with van der Waals surface area (Å²) in [7, 11) is 0. The standard InChI is InChI=1S/C15H20F2N2O4/c1-2-22-15(21)19-10-8-13(20)18-9-7-11-3-5-12(6-4-11)23-14(16)17/h3-6,14H,2,7-10H2,1H3,(H,18,20)(H,19,21). The predicted octanol–water partition coefficient (Wildman–Crippen LogP) is 2.08. The topological polar surface area (TPSA) is 76.7 Å². The first-order chi connectivity index (χ1) is 11.0. The van der Waals surface area contributed by atoms with Gasteiger partial charge in [-0.3, -0.25) is 4.79 Å². The van der Waals surface area contributed by atoms with Gasteiger partial charge in [0.2, 0.25) is 5.91 Å². The van der Waals surface area contributed by atoms with Crippen molar-refractivity contribution in [1.82, 2.24) is 10.6 Å². The first-order valence-electron chi connectivity index (χ1n) is 7.22. The number of carbonyl (C=O) groups is 2. The molecule has 0 atom stereocenters. The zero-order valence-corrected chi connectivity index (χ0v) is 12.8. The van der Waals surface area contributed by atoms with Gasteiger partial charge in [0, 0.05) is 19.5 Å². The summed E-state index contributed by atoms with van der Waals surface area (Å²) in [5.74, 6) is -0.0997. The fourth-order valence-electron chi connectivity index (χ4n) is 1.73. The number of amides is 2. The van der Waals surface area contributed by atoms with Crippen molar-refractivity contribution in [2.24, 2.45) is 0 Å². The molecular formula is C15H20F2N2O4. The van der Waals surface area contributed by atoms with E-state index in [1.165, 1.54) is 12.1 Å². The van der Waals surface area contributed by atoms with E-state index in [4.69, 9.17) is 0 Å². The number of benzene rings is 1. The number of alkyl carbamates (subject to hydrolysis) is 1. The Morgan fingerprint density at radius 3 is 2.43 bits per heavy atom. The average molecular weight is 330 g/mol. The maximum absolute atomic E-state index is 12.0. The quantitative estimate of drug-likeness (QED) is 0.727. The van der Waals surface area contributed by atoms with Crippen LogP contribution in [0.5, 0.6) is 5.75 Å². The molecule has 1 aromatic carbocycles. The van der Waals surface area contributed by atoms with Crippen LogP contribution in [0, 0.1) is 0 Å². The molecule has 1 aromatic rings. The Labute approximate surface area is 133 Å². The molecule has 0 aromatic heterocycles.